The van der Waals surface area contributed by atoms with Crippen LogP contribution in [-0.2, 0) is 4.79 Å². The Morgan fingerprint density at radius 2 is 2.12 bits per heavy atom. The van der Waals surface area contributed by atoms with Gasteiger partial charge in [0, 0.05) is 16.4 Å². The van der Waals surface area contributed by atoms with E-state index in [4.69, 9.17) is 16.3 Å². The van der Waals surface area contributed by atoms with Crippen molar-refractivity contribution in [2.24, 2.45) is 0 Å². The topological polar surface area (TPSA) is 41.6 Å². The van der Waals surface area contributed by atoms with Crippen molar-refractivity contribution >= 4 is 28.8 Å². The summed E-state index contributed by atoms with van der Waals surface area (Å²) in [4.78, 5) is 16.2. The number of thiophene rings is 1. The molecule has 1 amide bonds. The van der Waals surface area contributed by atoms with E-state index in [0.29, 0.717) is 17.3 Å². The van der Waals surface area contributed by atoms with Crippen molar-refractivity contribution < 1.29 is 9.53 Å². The van der Waals surface area contributed by atoms with Gasteiger partial charge in [0.15, 0.2) is 6.10 Å². The number of likely N-dealkylation sites (tertiary alicyclic amines) is 1. The Labute approximate surface area is 157 Å². The maximum atomic E-state index is 12.4. The smallest absolute Gasteiger partial charge is 0.260 e. The first-order chi connectivity index (χ1) is 12.1. The fourth-order valence-electron chi connectivity index (χ4n) is 3.08. The lowest BCUT2D eigenvalue weighted by atomic mass is 10.2. The Balaban J connectivity index is 1.57. The van der Waals surface area contributed by atoms with E-state index in [1.807, 2.05) is 6.07 Å². The molecule has 4 nitrogen and oxygen atoms in total. The predicted molar refractivity (Wildman–Crippen MR) is 102 cm³/mol. The molecule has 2 aromatic rings. The van der Waals surface area contributed by atoms with E-state index in [9.17, 15) is 4.79 Å². The Morgan fingerprint density at radius 3 is 2.80 bits per heavy atom. The van der Waals surface area contributed by atoms with Gasteiger partial charge >= 0.3 is 0 Å². The highest BCUT2D eigenvalue weighted by Gasteiger charge is 2.25. The minimum Gasteiger partial charge on any atom is -0.481 e. The minimum absolute atomic E-state index is 0.110. The van der Waals surface area contributed by atoms with E-state index in [-0.39, 0.29) is 11.9 Å². The second kappa shape index (κ2) is 8.70. The van der Waals surface area contributed by atoms with Crippen LogP contribution in [0.1, 0.15) is 30.7 Å². The van der Waals surface area contributed by atoms with Crippen molar-refractivity contribution in [3.63, 3.8) is 0 Å². The number of carbonyl (C=O) groups is 1. The number of benzene rings is 1. The Bertz CT molecular complexity index is 686. The first-order valence-corrected chi connectivity index (χ1v) is 9.86. The van der Waals surface area contributed by atoms with Gasteiger partial charge in [-0.2, -0.15) is 0 Å². The lowest BCUT2D eigenvalue weighted by Crippen LogP contribution is -2.41. The normalized spacial score (nSPS) is 17.2. The van der Waals surface area contributed by atoms with Gasteiger partial charge in [-0.1, -0.05) is 23.7 Å². The number of halogens is 1. The van der Waals surface area contributed by atoms with E-state index >= 15 is 0 Å². The van der Waals surface area contributed by atoms with Gasteiger partial charge in [0.2, 0.25) is 0 Å². The number of nitrogens with one attached hydrogen (secondary N) is 1. The molecule has 6 heteroatoms. The lowest BCUT2D eigenvalue weighted by molar-refractivity contribution is -0.127. The van der Waals surface area contributed by atoms with Crippen LogP contribution < -0.4 is 10.1 Å². The quantitative estimate of drug-likeness (QED) is 0.787. The van der Waals surface area contributed by atoms with Crippen LogP contribution in [0.5, 0.6) is 5.75 Å². The molecule has 0 spiro atoms. The van der Waals surface area contributed by atoms with Gasteiger partial charge < -0.3 is 10.1 Å². The Morgan fingerprint density at radius 1 is 1.32 bits per heavy atom. The molecule has 1 saturated heterocycles. The third-order valence-electron chi connectivity index (χ3n) is 4.40. The van der Waals surface area contributed by atoms with E-state index in [1.54, 1.807) is 36.5 Å². The largest absolute Gasteiger partial charge is 0.481 e. The van der Waals surface area contributed by atoms with Gasteiger partial charge in [-0.05, 0) is 62.5 Å². The average molecular weight is 379 g/mol. The fourth-order valence-corrected chi connectivity index (χ4v) is 4.12. The SMILES string of the molecule is CC(Oc1cccc(Cl)c1)C(=O)NCC(c1cccs1)N1CCCC1. The van der Waals surface area contributed by atoms with Gasteiger partial charge in [0.05, 0.1) is 6.04 Å². The number of ether oxygens (including phenoxy) is 1. The summed E-state index contributed by atoms with van der Waals surface area (Å²) in [5.41, 5.74) is 0. The zero-order chi connectivity index (χ0) is 17.6. The number of nitrogens with zero attached hydrogens (tertiary/aromatic N) is 1. The molecule has 1 aromatic heterocycles. The van der Waals surface area contributed by atoms with Crippen LogP contribution in [0, 0.1) is 0 Å². The van der Waals surface area contributed by atoms with Crippen LogP contribution in [0.15, 0.2) is 41.8 Å². The van der Waals surface area contributed by atoms with Gasteiger partial charge in [-0.3, -0.25) is 9.69 Å². The number of hydrogen-bond donors (Lipinski definition) is 1. The zero-order valence-corrected chi connectivity index (χ0v) is 15.9. The van der Waals surface area contributed by atoms with Crippen molar-refractivity contribution in [1.29, 1.82) is 0 Å². The third-order valence-corrected chi connectivity index (χ3v) is 5.61. The summed E-state index contributed by atoms with van der Waals surface area (Å²) in [5.74, 6) is 0.491. The minimum atomic E-state index is -0.568. The molecule has 25 heavy (non-hydrogen) atoms. The maximum absolute atomic E-state index is 12.4. The molecule has 0 radical (unpaired) electrons. The number of rotatable bonds is 7. The second-order valence-corrected chi connectivity index (χ2v) is 7.65. The number of hydrogen-bond acceptors (Lipinski definition) is 4. The van der Waals surface area contributed by atoms with Gasteiger partial charge in [0.1, 0.15) is 5.75 Å². The number of amides is 1. The highest BCUT2D eigenvalue weighted by molar-refractivity contribution is 7.10. The zero-order valence-electron chi connectivity index (χ0n) is 14.3. The van der Waals surface area contributed by atoms with Crippen LogP contribution in [0.3, 0.4) is 0 Å². The molecule has 134 valence electrons. The van der Waals surface area contributed by atoms with Crippen LogP contribution in [-0.4, -0.2) is 36.5 Å². The molecular weight excluding hydrogens is 356 g/mol. The van der Waals surface area contributed by atoms with E-state index in [1.165, 1.54) is 17.7 Å². The summed E-state index contributed by atoms with van der Waals surface area (Å²) in [6, 6.07) is 11.5. The first kappa shape index (κ1) is 18.2. The summed E-state index contributed by atoms with van der Waals surface area (Å²) in [6.07, 6.45) is 1.88. The average Bonchev–Trinajstić information content (AvgIpc) is 3.29. The van der Waals surface area contributed by atoms with Crippen molar-refractivity contribution in [3.05, 3.63) is 51.7 Å². The summed E-state index contributed by atoms with van der Waals surface area (Å²) in [7, 11) is 0. The summed E-state index contributed by atoms with van der Waals surface area (Å²) >= 11 is 7.70. The number of carbonyl (C=O) groups excluding carboxylic acids is 1. The van der Waals surface area contributed by atoms with Gasteiger partial charge in [-0.15, -0.1) is 11.3 Å². The fraction of sp³-hybridized carbons (Fsp3) is 0.421. The third kappa shape index (κ3) is 4.97. The molecule has 0 aliphatic carbocycles. The van der Waals surface area contributed by atoms with Gasteiger partial charge in [0.25, 0.3) is 5.91 Å². The summed E-state index contributed by atoms with van der Waals surface area (Å²) < 4.78 is 5.70. The van der Waals surface area contributed by atoms with Crippen LogP contribution >= 0.6 is 22.9 Å². The van der Waals surface area contributed by atoms with Crippen molar-refractivity contribution in [1.82, 2.24) is 10.2 Å². The summed E-state index contributed by atoms with van der Waals surface area (Å²) in [5, 5.41) is 5.73. The molecule has 2 heterocycles. The van der Waals surface area contributed by atoms with Crippen molar-refractivity contribution in [3.8, 4) is 5.75 Å². The van der Waals surface area contributed by atoms with Crippen LogP contribution in [0.25, 0.3) is 0 Å². The molecule has 1 N–H and O–H groups in total. The van der Waals surface area contributed by atoms with E-state index in [0.717, 1.165) is 13.1 Å². The molecule has 3 rings (SSSR count). The molecule has 2 atom stereocenters. The molecule has 0 saturated carbocycles. The molecule has 1 aromatic carbocycles. The molecular formula is C19H23ClN2O2S. The highest BCUT2D eigenvalue weighted by atomic mass is 35.5. The van der Waals surface area contributed by atoms with Crippen molar-refractivity contribution in [2.75, 3.05) is 19.6 Å². The molecule has 2 unspecified atom stereocenters. The maximum Gasteiger partial charge on any atom is 0.260 e. The Hall–Kier alpha value is -1.56. The first-order valence-electron chi connectivity index (χ1n) is 8.61. The van der Waals surface area contributed by atoms with Crippen molar-refractivity contribution in [2.45, 2.75) is 31.9 Å². The molecule has 0 bridgehead atoms. The lowest BCUT2D eigenvalue weighted by Gasteiger charge is -2.27. The monoisotopic (exact) mass is 378 g/mol. The molecule has 1 fully saturated rings. The van der Waals surface area contributed by atoms with Crippen LogP contribution in [0.4, 0.5) is 0 Å². The van der Waals surface area contributed by atoms with Gasteiger partial charge in [-0.25, -0.2) is 0 Å². The van der Waals surface area contributed by atoms with Crippen LogP contribution in [0.2, 0.25) is 5.02 Å². The standard InChI is InChI=1S/C19H23ClN2O2S/c1-14(24-16-7-4-6-15(20)12-16)19(23)21-13-17(18-8-5-11-25-18)22-9-2-3-10-22/h4-8,11-12,14,17H,2-3,9-10,13H2,1H3,(H,21,23). The van der Waals surface area contributed by atoms with E-state index in [2.05, 4.69) is 27.7 Å². The highest BCUT2D eigenvalue weighted by Crippen LogP contribution is 2.28. The molecule has 1 aliphatic rings. The predicted octanol–water partition coefficient (Wildman–Crippen LogP) is 4.12. The van der Waals surface area contributed by atoms with E-state index < -0.39 is 6.10 Å². The Kier molecular flexibility index (Phi) is 6.34. The molecule has 1 aliphatic heterocycles. The second-order valence-electron chi connectivity index (χ2n) is 6.24. The summed E-state index contributed by atoms with van der Waals surface area (Å²) in [6.45, 7) is 4.54.